The van der Waals surface area contributed by atoms with E-state index in [2.05, 4.69) is 25.3 Å². The summed E-state index contributed by atoms with van der Waals surface area (Å²) >= 11 is 7.24. The summed E-state index contributed by atoms with van der Waals surface area (Å²) in [6.07, 6.45) is 0. The Hall–Kier alpha value is -3.37. The van der Waals surface area contributed by atoms with Gasteiger partial charge in [-0.1, -0.05) is 29.4 Å². The van der Waals surface area contributed by atoms with Crippen LogP contribution in [0.4, 0.5) is 5.69 Å². The van der Waals surface area contributed by atoms with Crippen molar-refractivity contribution in [2.75, 3.05) is 12.4 Å². The van der Waals surface area contributed by atoms with E-state index in [4.69, 9.17) is 11.6 Å². The highest BCUT2D eigenvalue weighted by atomic mass is 35.5. The van der Waals surface area contributed by atoms with Gasteiger partial charge in [-0.15, -0.1) is 0 Å². The van der Waals surface area contributed by atoms with Crippen molar-refractivity contribution >= 4 is 57.7 Å². The number of esters is 1. The van der Waals surface area contributed by atoms with Gasteiger partial charge in [0.25, 0.3) is 11.5 Å². The van der Waals surface area contributed by atoms with E-state index >= 15 is 0 Å². The minimum atomic E-state index is -1.82. The third kappa shape index (κ3) is 4.19. The van der Waals surface area contributed by atoms with Crippen LogP contribution in [0.25, 0.3) is 11.0 Å². The number of ether oxygens (including phenoxy) is 1. The molecule has 4 rings (SSSR count). The topological polar surface area (TPSA) is 130 Å². The molecule has 2 atom stereocenters. The van der Waals surface area contributed by atoms with Gasteiger partial charge in [-0.3, -0.25) is 19.2 Å². The van der Waals surface area contributed by atoms with E-state index in [-0.39, 0.29) is 0 Å². The van der Waals surface area contributed by atoms with Crippen LogP contribution in [-0.4, -0.2) is 40.2 Å². The van der Waals surface area contributed by atoms with Crippen LogP contribution in [0.2, 0.25) is 5.02 Å². The first-order chi connectivity index (χ1) is 15.3. The highest BCUT2D eigenvalue weighted by Gasteiger charge is 2.39. The molecule has 11 heteroatoms. The van der Waals surface area contributed by atoms with E-state index in [0.717, 1.165) is 23.3 Å². The molecule has 2 heterocycles. The van der Waals surface area contributed by atoms with Crippen LogP contribution in [0, 0.1) is 6.92 Å². The van der Waals surface area contributed by atoms with E-state index in [1.807, 2.05) is 25.1 Å². The Morgan fingerprint density at radius 3 is 2.75 bits per heavy atom. The first-order valence-corrected chi connectivity index (χ1v) is 10.7. The summed E-state index contributed by atoms with van der Waals surface area (Å²) in [6.45, 7) is 1.94. The molecule has 0 saturated heterocycles. The van der Waals surface area contributed by atoms with E-state index in [0.29, 0.717) is 16.1 Å². The van der Waals surface area contributed by atoms with Crippen molar-refractivity contribution in [3.05, 3.63) is 63.0 Å². The number of H-pyrrole nitrogens is 1. The quantitative estimate of drug-likeness (QED) is 0.293. The number of ketones is 1. The van der Waals surface area contributed by atoms with Crippen LogP contribution in [0.15, 0.2) is 46.1 Å². The van der Waals surface area contributed by atoms with Crippen molar-refractivity contribution in [3.63, 3.8) is 0 Å². The number of nitrogens with zero attached hydrogens (tertiary/aromatic N) is 1. The molecule has 32 heavy (non-hydrogen) atoms. The number of carbonyl (C=O) groups is 3. The van der Waals surface area contributed by atoms with E-state index in [1.54, 1.807) is 6.07 Å². The average Bonchev–Trinajstić information content (AvgIpc) is 3.15. The molecule has 1 aliphatic heterocycles. The van der Waals surface area contributed by atoms with Crippen LogP contribution in [0.5, 0.6) is 0 Å². The van der Waals surface area contributed by atoms with Gasteiger partial charge < -0.3 is 20.4 Å². The molecule has 2 unspecified atom stereocenters. The van der Waals surface area contributed by atoms with Gasteiger partial charge in [0.15, 0.2) is 11.4 Å². The number of aromatic nitrogens is 2. The Morgan fingerprint density at radius 2 is 2.00 bits per heavy atom. The maximum Gasteiger partial charge on any atom is 0.323 e. The highest BCUT2D eigenvalue weighted by molar-refractivity contribution is 8.00. The molecule has 2 aromatic carbocycles. The summed E-state index contributed by atoms with van der Waals surface area (Å²) in [5, 5.41) is 5.99. The number of benzene rings is 2. The Kier molecular flexibility index (Phi) is 5.90. The fourth-order valence-corrected chi connectivity index (χ4v) is 4.55. The number of Topliss-reactive ketones (excluding diaryl/α,β-unsaturated/α-hetero) is 1. The van der Waals surface area contributed by atoms with Crippen molar-refractivity contribution in [1.82, 2.24) is 15.3 Å². The molecule has 3 N–H and O–H groups in total. The number of hydrogen-bond acceptors (Lipinski definition) is 8. The average molecular weight is 473 g/mol. The van der Waals surface area contributed by atoms with Crippen molar-refractivity contribution in [2.24, 2.45) is 0 Å². The fraction of sp³-hybridized carbons (Fsp3) is 0.190. The molecule has 164 valence electrons. The molecule has 0 saturated carbocycles. The molecule has 0 aliphatic carbocycles. The number of aromatic amines is 1. The van der Waals surface area contributed by atoms with Crippen LogP contribution < -0.4 is 16.2 Å². The smallest absolute Gasteiger partial charge is 0.323 e. The summed E-state index contributed by atoms with van der Waals surface area (Å²) < 4.78 is 4.68. The summed E-state index contributed by atoms with van der Waals surface area (Å²) in [6, 6.07) is 10.3. The Labute approximate surface area is 190 Å². The minimum Gasteiger partial charge on any atom is -0.468 e. The lowest BCUT2D eigenvalue weighted by atomic mass is 9.99. The van der Waals surface area contributed by atoms with Crippen LogP contribution >= 0.6 is 23.4 Å². The van der Waals surface area contributed by atoms with Gasteiger partial charge >= 0.3 is 5.97 Å². The number of methoxy groups -OCH3 is 1. The standard InChI is InChI=1S/C21H17ClN4O5S/c1-9-3-5-12-14(7-9)32-21(25-12)26-19(29)17(27)15(20(30)31-2)16-18(28)24-13-8-10(22)4-6-11(13)23-16/h3-8,15,21,25H,1-2H3,(H,24,28)(H,26,29). The van der Waals surface area contributed by atoms with Gasteiger partial charge in [-0.2, -0.15) is 0 Å². The van der Waals surface area contributed by atoms with Gasteiger partial charge in [0.1, 0.15) is 5.69 Å². The Morgan fingerprint density at radius 1 is 1.22 bits per heavy atom. The number of fused-ring (bicyclic) bond motifs is 2. The van der Waals surface area contributed by atoms with Gasteiger partial charge in [0, 0.05) is 9.92 Å². The minimum absolute atomic E-state index is 0.296. The number of rotatable bonds is 5. The van der Waals surface area contributed by atoms with Crippen LogP contribution in [0.1, 0.15) is 17.2 Å². The number of halogens is 1. The molecule has 0 radical (unpaired) electrons. The summed E-state index contributed by atoms with van der Waals surface area (Å²) in [4.78, 5) is 58.2. The molecule has 1 amide bonds. The van der Waals surface area contributed by atoms with E-state index in [1.165, 1.54) is 23.9 Å². The largest absolute Gasteiger partial charge is 0.468 e. The number of aryl methyl sites for hydroxylation is 1. The fourth-order valence-electron chi connectivity index (χ4n) is 3.26. The zero-order valence-electron chi connectivity index (χ0n) is 16.9. The monoisotopic (exact) mass is 472 g/mol. The molecule has 0 fully saturated rings. The molecule has 1 aliphatic rings. The number of thioether (sulfide) groups is 1. The number of anilines is 1. The normalized spacial score (nSPS) is 15.5. The van der Waals surface area contributed by atoms with Crippen LogP contribution in [0.3, 0.4) is 0 Å². The number of nitrogens with one attached hydrogen (secondary N) is 3. The zero-order chi connectivity index (χ0) is 23.0. The lowest BCUT2D eigenvalue weighted by Gasteiger charge is -2.16. The number of hydrogen-bond donors (Lipinski definition) is 3. The van der Waals surface area contributed by atoms with Gasteiger partial charge in [0.2, 0.25) is 5.78 Å². The molecule has 0 spiro atoms. The van der Waals surface area contributed by atoms with Gasteiger partial charge in [-0.05, 0) is 42.8 Å². The molecule has 3 aromatic rings. The molecular formula is C21H17ClN4O5S. The molecule has 1 aromatic heterocycles. The second-order valence-electron chi connectivity index (χ2n) is 7.05. The number of amides is 1. The van der Waals surface area contributed by atoms with Gasteiger partial charge in [-0.25, -0.2) is 4.98 Å². The molecule has 0 bridgehead atoms. The third-order valence-electron chi connectivity index (χ3n) is 4.81. The Balaban J connectivity index is 1.60. The Bertz CT molecular complexity index is 1330. The molecular weight excluding hydrogens is 456 g/mol. The SMILES string of the molecule is COC(=O)C(C(=O)C(=O)NC1Nc2ccc(C)cc2S1)c1nc2ccc(Cl)cc2[nH]c1=O. The first-order valence-electron chi connectivity index (χ1n) is 9.42. The van der Waals surface area contributed by atoms with Gasteiger partial charge in [0.05, 0.1) is 23.8 Å². The zero-order valence-corrected chi connectivity index (χ0v) is 18.5. The predicted molar refractivity (Wildman–Crippen MR) is 120 cm³/mol. The maximum atomic E-state index is 12.9. The second kappa shape index (κ2) is 8.64. The first kappa shape index (κ1) is 21.8. The lowest BCUT2D eigenvalue weighted by molar-refractivity contribution is -0.149. The van der Waals surface area contributed by atoms with Crippen molar-refractivity contribution < 1.29 is 19.1 Å². The highest BCUT2D eigenvalue weighted by Crippen LogP contribution is 2.37. The third-order valence-corrected chi connectivity index (χ3v) is 6.11. The summed E-state index contributed by atoms with van der Waals surface area (Å²) in [7, 11) is 1.06. The van der Waals surface area contributed by atoms with Crippen molar-refractivity contribution in [2.45, 2.75) is 23.2 Å². The maximum absolute atomic E-state index is 12.9. The molecule has 9 nitrogen and oxygen atoms in total. The predicted octanol–water partition coefficient (Wildman–Crippen LogP) is 2.33. The van der Waals surface area contributed by atoms with Crippen molar-refractivity contribution in [1.29, 1.82) is 0 Å². The van der Waals surface area contributed by atoms with Crippen LogP contribution in [-0.2, 0) is 19.1 Å². The van der Waals surface area contributed by atoms with E-state index < -0.39 is 40.3 Å². The second-order valence-corrected chi connectivity index (χ2v) is 8.63. The number of carbonyl (C=O) groups excluding carboxylic acids is 3. The van der Waals surface area contributed by atoms with Crippen molar-refractivity contribution in [3.8, 4) is 0 Å². The summed E-state index contributed by atoms with van der Waals surface area (Å²) in [5.74, 6) is -5.09. The lowest BCUT2D eigenvalue weighted by Crippen LogP contribution is -2.44. The summed E-state index contributed by atoms with van der Waals surface area (Å²) in [5.41, 5.74) is 0.636. The van der Waals surface area contributed by atoms with E-state index in [9.17, 15) is 19.2 Å².